The summed E-state index contributed by atoms with van der Waals surface area (Å²) in [6, 6.07) is 1.75. The number of carbonyl (C=O) groups is 1. The number of pyridine rings is 1. The van der Waals surface area contributed by atoms with Crippen molar-refractivity contribution in [1.82, 2.24) is 4.98 Å². The van der Waals surface area contributed by atoms with Gasteiger partial charge in [0.2, 0.25) is 0 Å². The van der Waals surface area contributed by atoms with Gasteiger partial charge >= 0.3 is 5.97 Å². The summed E-state index contributed by atoms with van der Waals surface area (Å²) in [6.07, 6.45) is 2.98. The summed E-state index contributed by atoms with van der Waals surface area (Å²) in [6.45, 7) is 5.36. The van der Waals surface area contributed by atoms with Gasteiger partial charge in [0.25, 0.3) is 0 Å². The van der Waals surface area contributed by atoms with E-state index in [1.165, 1.54) is 12.3 Å². The van der Waals surface area contributed by atoms with Crippen molar-refractivity contribution in [2.45, 2.75) is 6.92 Å². The number of aryl methyl sites for hydroxylation is 1. The lowest BCUT2D eigenvalue weighted by Gasteiger charge is -2.02. The molecule has 0 saturated heterocycles. The fourth-order valence-electron chi connectivity index (χ4n) is 0.998. The molecule has 0 bridgehead atoms. The molecule has 0 aliphatic carbocycles. The Morgan fingerprint density at radius 1 is 1.75 bits per heavy atom. The molecule has 3 nitrogen and oxygen atoms in total. The largest absolute Gasteiger partial charge is 0.476 e. The highest BCUT2D eigenvalue weighted by Gasteiger charge is 2.10. The molecular weight excluding hydrogens is 154 g/mol. The van der Waals surface area contributed by atoms with E-state index < -0.39 is 5.97 Å². The Labute approximate surface area is 70.4 Å². The lowest BCUT2D eigenvalue weighted by Crippen LogP contribution is -2.04. The Kier molecular flexibility index (Phi) is 2.24. The summed E-state index contributed by atoms with van der Waals surface area (Å²) in [7, 11) is 0. The van der Waals surface area contributed by atoms with Gasteiger partial charge in [-0.05, 0) is 18.6 Å². The second-order valence-electron chi connectivity index (χ2n) is 2.40. The van der Waals surface area contributed by atoms with E-state index >= 15 is 0 Å². The Hall–Kier alpha value is -1.64. The van der Waals surface area contributed by atoms with Gasteiger partial charge in [-0.1, -0.05) is 12.7 Å². The Bertz CT molecular complexity index is 331. The first-order valence-corrected chi connectivity index (χ1v) is 3.48. The second-order valence-corrected chi connectivity index (χ2v) is 2.40. The maximum atomic E-state index is 10.6. The number of carboxylic acid groups (broad SMARTS) is 1. The molecule has 1 heterocycles. The molecule has 0 amide bonds. The van der Waals surface area contributed by atoms with Crippen molar-refractivity contribution < 1.29 is 9.90 Å². The van der Waals surface area contributed by atoms with E-state index in [-0.39, 0.29) is 5.69 Å². The number of hydrogen-bond acceptors (Lipinski definition) is 2. The molecule has 0 unspecified atom stereocenters. The monoisotopic (exact) mass is 163 g/mol. The lowest BCUT2D eigenvalue weighted by molar-refractivity contribution is 0.0690. The topological polar surface area (TPSA) is 50.2 Å². The zero-order valence-electron chi connectivity index (χ0n) is 6.74. The number of aromatic carboxylic acids is 1. The minimum Gasteiger partial charge on any atom is -0.476 e. The van der Waals surface area contributed by atoms with E-state index in [0.717, 1.165) is 5.56 Å². The maximum absolute atomic E-state index is 10.6. The molecule has 0 spiro atoms. The van der Waals surface area contributed by atoms with Crippen LogP contribution in [-0.2, 0) is 0 Å². The molecule has 0 atom stereocenters. The van der Waals surface area contributed by atoms with Crippen molar-refractivity contribution in [2.24, 2.45) is 0 Å². The number of hydrogen-bond donors (Lipinski definition) is 1. The van der Waals surface area contributed by atoms with Crippen LogP contribution in [0.1, 0.15) is 21.6 Å². The van der Waals surface area contributed by atoms with Gasteiger partial charge in [-0.15, -0.1) is 0 Å². The highest BCUT2D eigenvalue weighted by Crippen LogP contribution is 2.12. The predicted molar refractivity (Wildman–Crippen MR) is 46.0 cm³/mol. The molecule has 0 aliphatic heterocycles. The number of rotatable bonds is 2. The lowest BCUT2D eigenvalue weighted by atomic mass is 10.1. The van der Waals surface area contributed by atoms with Crippen LogP contribution in [0.4, 0.5) is 0 Å². The average Bonchev–Trinajstić information content (AvgIpc) is 2.03. The molecule has 1 N–H and O–H groups in total. The Morgan fingerprint density at radius 2 is 2.42 bits per heavy atom. The van der Waals surface area contributed by atoms with Crippen LogP contribution in [0.15, 0.2) is 18.8 Å². The van der Waals surface area contributed by atoms with Gasteiger partial charge in [0.05, 0.1) is 0 Å². The van der Waals surface area contributed by atoms with Gasteiger partial charge < -0.3 is 5.11 Å². The molecule has 0 aromatic carbocycles. The van der Waals surface area contributed by atoms with Gasteiger partial charge in [-0.2, -0.15) is 0 Å². The van der Waals surface area contributed by atoms with Crippen molar-refractivity contribution in [1.29, 1.82) is 0 Å². The molecule has 0 aliphatic rings. The van der Waals surface area contributed by atoms with E-state index in [1.54, 1.807) is 6.07 Å². The van der Waals surface area contributed by atoms with E-state index in [4.69, 9.17) is 5.11 Å². The third-order valence-corrected chi connectivity index (χ3v) is 1.61. The molecular formula is C9H9NO2. The van der Waals surface area contributed by atoms with E-state index in [1.807, 2.05) is 6.92 Å². The predicted octanol–water partition coefficient (Wildman–Crippen LogP) is 1.73. The van der Waals surface area contributed by atoms with Gasteiger partial charge in [-0.3, -0.25) is 0 Å². The fraction of sp³-hybridized carbons (Fsp3) is 0.111. The summed E-state index contributed by atoms with van der Waals surface area (Å²) in [5.74, 6) is -1.02. The highest BCUT2D eigenvalue weighted by atomic mass is 16.4. The maximum Gasteiger partial charge on any atom is 0.355 e. The summed E-state index contributed by atoms with van der Waals surface area (Å²) >= 11 is 0. The molecule has 1 rings (SSSR count). The summed E-state index contributed by atoms with van der Waals surface area (Å²) in [4.78, 5) is 14.4. The molecule has 12 heavy (non-hydrogen) atoms. The van der Waals surface area contributed by atoms with Crippen LogP contribution in [0.25, 0.3) is 6.08 Å². The first kappa shape index (κ1) is 8.46. The van der Waals surface area contributed by atoms with Crippen LogP contribution in [-0.4, -0.2) is 16.1 Å². The molecule has 0 fully saturated rings. The number of carboxylic acids is 1. The van der Waals surface area contributed by atoms with Crippen LogP contribution in [0, 0.1) is 6.92 Å². The molecule has 1 aromatic rings. The molecule has 0 saturated carbocycles. The van der Waals surface area contributed by atoms with Crippen LogP contribution >= 0.6 is 0 Å². The summed E-state index contributed by atoms with van der Waals surface area (Å²) in [5.41, 5.74) is 1.52. The molecule has 0 radical (unpaired) electrons. The van der Waals surface area contributed by atoms with Crippen molar-refractivity contribution in [2.75, 3.05) is 0 Å². The third kappa shape index (κ3) is 1.34. The first-order valence-electron chi connectivity index (χ1n) is 3.48. The van der Waals surface area contributed by atoms with Gasteiger partial charge in [0.1, 0.15) is 0 Å². The van der Waals surface area contributed by atoms with Crippen molar-refractivity contribution >= 4 is 12.0 Å². The Morgan fingerprint density at radius 3 is 2.83 bits per heavy atom. The number of nitrogens with zero attached hydrogens (tertiary/aromatic N) is 1. The zero-order valence-corrected chi connectivity index (χ0v) is 6.74. The van der Waals surface area contributed by atoms with Crippen molar-refractivity contribution in [3.63, 3.8) is 0 Å². The SMILES string of the molecule is C=Cc1c(C)ccnc1C(=O)O. The van der Waals surface area contributed by atoms with Crippen LogP contribution in [0.2, 0.25) is 0 Å². The van der Waals surface area contributed by atoms with Crippen LogP contribution in [0.5, 0.6) is 0 Å². The minimum atomic E-state index is -1.02. The van der Waals surface area contributed by atoms with Crippen molar-refractivity contribution in [3.05, 3.63) is 35.7 Å². The molecule has 3 heteroatoms. The number of aromatic nitrogens is 1. The normalized spacial score (nSPS) is 9.42. The summed E-state index contributed by atoms with van der Waals surface area (Å²) in [5, 5.41) is 8.71. The standard InChI is InChI=1S/C9H9NO2/c1-3-7-6(2)4-5-10-8(7)9(11)12/h3-5H,1H2,2H3,(H,11,12). The van der Waals surface area contributed by atoms with Crippen LogP contribution in [0.3, 0.4) is 0 Å². The quantitative estimate of drug-likeness (QED) is 0.722. The average molecular weight is 163 g/mol. The Balaban J connectivity index is 3.37. The van der Waals surface area contributed by atoms with E-state index in [9.17, 15) is 4.79 Å². The minimum absolute atomic E-state index is 0.0602. The first-order chi connectivity index (χ1) is 5.66. The third-order valence-electron chi connectivity index (χ3n) is 1.61. The van der Waals surface area contributed by atoms with Crippen molar-refractivity contribution in [3.8, 4) is 0 Å². The van der Waals surface area contributed by atoms with Gasteiger partial charge in [0, 0.05) is 11.8 Å². The smallest absolute Gasteiger partial charge is 0.355 e. The van der Waals surface area contributed by atoms with E-state index in [2.05, 4.69) is 11.6 Å². The second kappa shape index (κ2) is 3.17. The molecule has 1 aromatic heterocycles. The molecule has 62 valence electrons. The highest BCUT2D eigenvalue weighted by molar-refractivity contribution is 5.90. The zero-order chi connectivity index (χ0) is 9.14. The fourth-order valence-corrected chi connectivity index (χ4v) is 0.998. The van der Waals surface area contributed by atoms with E-state index in [0.29, 0.717) is 5.56 Å². The van der Waals surface area contributed by atoms with Gasteiger partial charge in [-0.25, -0.2) is 9.78 Å². The van der Waals surface area contributed by atoms with Crippen LogP contribution < -0.4 is 0 Å². The van der Waals surface area contributed by atoms with Gasteiger partial charge in [0.15, 0.2) is 5.69 Å². The summed E-state index contributed by atoms with van der Waals surface area (Å²) < 4.78 is 0.